The maximum absolute atomic E-state index is 9.69. The second-order valence-electron chi connectivity index (χ2n) is 6.21. The van der Waals surface area contributed by atoms with Crippen LogP contribution in [0.5, 0.6) is 0 Å². The van der Waals surface area contributed by atoms with Crippen molar-refractivity contribution in [2.45, 2.75) is 52.6 Å². The average Bonchev–Trinajstić information content (AvgIpc) is 2.95. The largest absolute Gasteiger partial charge is 0.389 e. The van der Waals surface area contributed by atoms with E-state index in [0.29, 0.717) is 18.6 Å². The molecule has 0 saturated heterocycles. The number of aliphatic hydroxyl groups excluding tert-OH is 1. The van der Waals surface area contributed by atoms with E-state index in [-0.39, 0.29) is 6.10 Å². The third-order valence-corrected chi connectivity index (χ3v) is 3.42. The van der Waals surface area contributed by atoms with Crippen molar-refractivity contribution in [2.24, 2.45) is 11.3 Å². The first-order valence-electron chi connectivity index (χ1n) is 6.98. The molecule has 17 heavy (non-hydrogen) atoms. The molecule has 0 heterocycles. The molecular weight excluding hydrogens is 214 g/mol. The molecule has 1 saturated carbocycles. The molecule has 0 spiro atoms. The summed E-state index contributed by atoms with van der Waals surface area (Å²) in [5.41, 5.74) is 0.512. The number of rotatable bonds is 10. The van der Waals surface area contributed by atoms with Gasteiger partial charge in [0, 0.05) is 19.7 Å². The second-order valence-corrected chi connectivity index (χ2v) is 6.21. The Morgan fingerprint density at radius 3 is 2.65 bits per heavy atom. The minimum absolute atomic E-state index is 0.364. The van der Waals surface area contributed by atoms with Crippen molar-refractivity contribution in [1.82, 2.24) is 5.32 Å². The van der Waals surface area contributed by atoms with Gasteiger partial charge in [-0.3, -0.25) is 0 Å². The van der Waals surface area contributed by atoms with Crippen LogP contribution in [0.1, 0.15) is 46.5 Å². The van der Waals surface area contributed by atoms with Gasteiger partial charge in [-0.05, 0) is 37.0 Å². The Labute approximate surface area is 106 Å². The molecule has 0 aromatic carbocycles. The smallest absolute Gasteiger partial charge is 0.0897 e. The van der Waals surface area contributed by atoms with Crippen LogP contribution in [0.25, 0.3) is 0 Å². The third kappa shape index (κ3) is 7.74. The molecule has 0 aromatic heterocycles. The molecule has 102 valence electrons. The van der Waals surface area contributed by atoms with E-state index >= 15 is 0 Å². The highest BCUT2D eigenvalue weighted by Gasteiger charge is 2.36. The van der Waals surface area contributed by atoms with Crippen molar-refractivity contribution in [3.05, 3.63) is 0 Å². The van der Waals surface area contributed by atoms with Crippen LogP contribution < -0.4 is 5.32 Å². The number of ether oxygens (including phenoxy) is 1. The molecule has 3 heteroatoms. The number of hydrogen-bond acceptors (Lipinski definition) is 3. The van der Waals surface area contributed by atoms with Gasteiger partial charge >= 0.3 is 0 Å². The van der Waals surface area contributed by atoms with Gasteiger partial charge in [-0.25, -0.2) is 0 Å². The lowest BCUT2D eigenvalue weighted by Crippen LogP contribution is -2.33. The Morgan fingerprint density at radius 1 is 1.35 bits per heavy atom. The van der Waals surface area contributed by atoms with Gasteiger partial charge in [-0.2, -0.15) is 0 Å². The monoisotopic (exact) mass is 243 g/mol. The van der Waals surface area contributed by atoms with Crippen molar-refractivity contribution < 1.29 is 9.84 Å². The van der Waals surface area contributed by atoms with Crippen LogP contribution in [0.15, 0.2) is 0 Å². The molecule has 0 amide bonds. The summed E-state index contributed by atoms with van der Waals surface area (Å²) >= 11 is 0. The zero-order valence-electron chi connectivity index (χ0n) is 11.7. The Balaban J connectivity index is 1.85. The van der Waals surface area contributed by atoms with Gasteiger partial charge in [0.1, 0.15) is 0 Å². The lowest BCUT2D eigenvalue weighted by Gasteiger charge is -2.14. The summed E-state index contributed by atoms with van der Waals surface area (Å²) in [6.07, 6.45) is 4.57. The highest BCUT2D eigenvalue weighted by atomic mass is 16.5. The molecule has 1 unspecified atom stereocenters. The molecule has 0 bridgehead atoms. The normalized spacial score (nSPS) is 19.6. The summed E-state index contributed by atoms with van der Waals surface area (Å²) < 4.78 is 5.45. The van der Waals surface area contributed by atoms with Crippen molar-refractivity contribution in [3.63, 3.8) is 0 Å². The molecule has 1 fully saturated rings. The van der Waals surface area contributed by atoms with Crippen molar-refractivity contribution in [3.8, 4) is 0 Å². The van der Waals surface area contributed by atoms with Crippen LogP contribution in [-0.4, -0.2) is 37.5 Å². The van der Waals surface area contributed by atoms with Crippen LogP contribution in [0.3, 0.4) is 0 Å². The third-order valence-electron chi connectivity index (χ3n) is 3.42. The molecule has 0 aliphatic heterocycles. The van der Waals surface area contributed by atoms with Gasteiger partial charge in [-0.15, -0.1) is 0 Å². The van der Waals surface area contributed by atoms with Crippen LogP contribution in [-0.2, 0) is 4.74 Å². The van der Waals surface area contributed by atoms with E-state index in [1.165, 1.54) is 19.3 Å². The van der Waals surface area contributed by atoms with Gasteiger partial charge in [0.05, 0.1) is 12.7 Å². The molecule has 0 radical (unpaired) electrons. The molecule has 1 aliphatic rings. The first kappa shape index (κ1) is 14.9. The fraction of sp³-hybridized carbons (Fsp3) is 1.00. The summed E-state index contributed by atoms with van der Waals surface area (Å²) in [6.45, 7) is 9.63. The van der Waals surface area contributed by atoms with Crippen LogP contribution in [0.4, 0.5) is 0 Å². The Morgan fingerprint density at radius 2 is 2.06 bits per heavy atom. The summed E-state index contributed by atoms with van der Waals surface area (Å²) in [6, 6.07) is 0. The maximum atomic E-state index is 9.69. The summed E-state index contributed by atoms with van der Waals surface area (Å²) in [7, 11) is 0. The lowest BCUT2D eigenvalue weighted by atomic mass is 10.1. The maximum Gasteiger partial charge on any atom is 0.0897 e. The zero-order valence-corrected chi connectivity index (χ0v) is 11.7. The van der Waals surface area contributed by atoms with Gasteiger partial charge < -0.3 is 15.2 Å². The average molecular weight is 243 g/mol. The number of aliphatic hydroxyl groups is 1. The molecule has 2 N–H and O–H groups in total. The number of nitrogens with one attached hydrogen (secondary N) is 1. The predicted molar refractivity (Wildman–Crippen MR) is 71.1 cm³/mol. The van der Waals surface area contributed by atoms with Gasteiger partial charge in [0.25, 0.3) is 0 Å². The molecule has 1 aliphatic carbocycles. The standard InChI is InChI=1S/C14H29NO2/c1-12(2)5-4-8-17-10-13(16)9-15-11-14(3)6-7-14/h12-13,15-16H,4-11H2,1-3H3. The summed E-state index contributed by atoms with van der Waals surface area (Å²) in [4.78, 5) is 0. The predicted octanol–water partition coefficient (Wildman–Crippen LogP) is 2.19. The lowest BCUT2D eigenvalue weighted by molar-refractivity contribution is 0.0343. The highest BCUT2D eigenvalue weighted by Crippen LogP contribution is 2.43. The zero-order chi connectivity index (χ0) is 12.7. The minimum Gasteiger partial charge on any atom is -0.389 e. The van der Waals surface area contributed by atoms with Crippen LogP contribution in [0.2, 0.25) is 0 Å². The van der Waals surface area contributed by atoms with E-state index in [1.807, 2.05) is 0 Å². The quantitative estimate of drug-likeness (QED) is 0.578. The Bertz CT molecular complexity index is 202. The molecule has 3 nitrogen and oxygen atoms in total. The van der Waals surface area contributed by atoms with Crippen molar-refractivity contribution in [1.29, 1.82) is 0 Å². The number of hydrogen-bond donors (Lipinski definition) is 2. The first-order valence-corrected chi connectivity index (χ1v) is 6.98. The van der Waals surface area contributed by atoms with Crippen molar-refractivity contribution >= 4 is 0 Å². The molecule has 0 aromatic rings. The Kier molecular flexibility index (Phi) is 6.45. The second kappa shape index (κ2) is 7.34. The van der Waals surface area contributed by atoms with E-state index < -0.39 is 0 Å². The van der Waals surface area contributed by atoms with E-state index in [4.69, 9.17) is 4.74 Å². The topological polar surface area (TPSA) is 41.5 Å². The van der Waals surface area contributed by atoms with E-state index in [9.17, 15) is 5.11 Å². The summed E-state index contributed by atoms with van der Waals surface area (Å²) in [5, 5.41) is 13.0. The van der Waals surface area contributed by atoms with Gasteiger partial charge in [-0.1, -0.05) is 20.8 Å². The fourth-order valence-electron chi connectivity index (χ4n) is 1.80. The fourth-order valence-corrected chi connectivity index (χ4v) is 1.80. The Hall–Kier alpha value is -0.120. The van der Waals surface area contributed by atoms with Crippen molar-refractivity contribution in [2.75, 3.05) is 26.3 Å². The van der Waals surface area contributed by atoms with Gasteiger partial charge in [0.15, 0.2) is 0 Å². The van der Waals surface area contributed by atoms with Gasteiger partial charge in [0.2, 0.25) is 0 Å². The van der Waals surface area contributed by atoms with E-state index in [1.54, 1.807) is 0 Å². The molecular formula is C14H29NO2. The first-order chi connectivity index (χ1) is 8.02. The molecule has 1 atom stereocenters. The van der Waals surface area contributed by atoms with Crippen LogP contribution >= 0.6 is 0 Å². The molecule has 1 rings (SSSR count). The van der Waals surface area contributed by atoms with Crippen LogP contribution in [0, 0.1) is 11.3 Å². The van der Waals surface area contributed by atoms with E-state index in [2.05, 4.69) is 26.1 Å². The SMILES string of the molecule is CC(C)CCCOCC(O)CNCC1(C)CC1. The minimum atomic E-state index is -0.364. The highest BCUT2D eigenvalue weighted by molar-refractivity contribution is 4.90. The van der Waals surface area contributed by atoms with E-state index in [0.717, 1.165) is 25.5 Å². The summed E-state index contributed by atoms with van der Waals surface area (Å²) in [5.74, 6) is 0.740.